The maximum atomic E-state index is 14.9. The molecule has 0 saturated heterocycles. The van der Waals surface area contributed by atoms with Crippen LogP contribution in [0.3, 0.4) is 0 Å². The predicted molar refractivity (Wildman–Crippen MR) is 210 cm³/mol. The minimum Gasteiger partial charge on any atom is -0.302 e. The zero-order valence-corrected chi connectivity index (χ0v) is 30.0. The average molecular weight is 688 g/mol. The van der Waals surface area contributed by atoms with E-state index in [9.17, 15) is 4.79 Å². The number of anilines is 1. The molecule has 0 radical (unpaired) electrons. The topological polar surface area (TPSA) is 20.3 Å². The molecule has 1 aliphatic heterocycles. The quantitative estimate of drug-likeness (QED) is 0.159. The number of hydrogen-bond acceptors (Lipinski definition) is 2. The largest absolute Gasteiger partial charge is 0.302 e. The van der Waals surface area contributed by atoms with Gasteiger partial charge < -0.3 is 4.90 Å². The highest BCUT2D eigenvalue weighted by molar-refractivity contribution is 7.21. The molecular weight excluding hydrogens is 650 g/mol. The lowest BCUT2D eigenvalue weighted by Crippen LogP contribution is -2.56. The zero-order chi connectivity index (χ0) is 34.5. The van der Waals surface area contributed by atoms with E-state index in [-0.39, 0.29) is 5.91 Å². The summed E-state index contributed by atoms with van der Waals surface area (Å²) in [7, 11) is 0. The molecule has 0 fully saturated rings. The lowest BCUT2D eigenvalue weighted by atomic mass is 9.61. The molecule has 7 aromatic rings. The third-order valence-electron chi connectivity index (χ3n) is 10.6. The number of hydrogen-bond donors (Lipinski definition) is 0. The lowest BCUT2D eigenvalue weighted by Gasteiger charge is -2.52. The van der Waals surface area contributed by atoms with E-state index in [0.717, 1.165) is 33.3 Å². The first-order valence-corrected chi connectivity index (χ1v) is 18.3. The number of nitrogens with zero attached hydrogens (tertiary/aromatic N) is 1. The summed E-state index contributed by atoms with van der Waals surface area (Å²) in [4.78, 5) is 17.5. The molecule has 2 heterocycles. The van der Waals surface area contributed by atoms with Crippen LogP contribution < -0.4 is 4.90 Å². The van der Waals surface area contributed by atoms with Crippen LogP contribution in [0.2, 0.25) is 5.02 Å². The molecule has 0 N–H and O–H groups in total. The molecule has 0 aliphatic carbocycles. The molecule has 0 bridgehead atoms. The van der Waals surface area contributed by atoms with Gasteiger partial charge in [-0.1, -0.05) is 170 Å². The molecule has 1 atom stereocenters. The summed E-state index contributed by atoms with van der Waals surface area (Å²) >= 11 is 8.47. The van der Waals surface area contributed by atoms with Crippen LogP contribution in [-0.2, 0) is 10.8 Å². The van der Waals surface area contributed by atoms with E-state index < -0.39 is 16.4 Å². The second kappa shape index (κ2) is 12.4. The standard InChI is InChI=1S/C46H38ClNOS/c1-44(2)31-45(3,32-18-8-4-9-19-32)38-30-36(28-29-39(38)48(44)43(49)42-41(47)37-26-16-17-27-40(37)50-42)46(33-20-10-5-11-21-33,34-22-12-6-13-23-34)35-24-14-7-15-25-35/h4-30H,31H2,1-3H3. The normalized spacial score (nSPS) is 17.0. The fourth-order valence-corrected chi connectivity index (χ4v) is 9.98. The van der Waals surface area contributed by atoms with Gasteiger partial charge in [0.15, 0.2) is 0 Å². The first-order valence-electron chi connectivity index (χ1n) is 17.1. The summed E-state index contributed by atoms with van der Waals surface area (Å²) in [5.41, 5.74) is 6.41. The van der Waals surface area contributed by atoms with Gasteiger partial charge in [-0.3, -0.25) is 4.79 Å². The number of fused-ring (bicyclic) bond motifs is 2. The van der Waals surface area contributed by atoms with Crippen LogP contribution in [0.4, 0.5) is 5.69 Å². The van der Waals surface area contributed by atoms with Crippen molar-refractivity contribution < 1.29 is 4.79 Å². The molecule has 1 aliphatic rings. The Morgan fingerprint density at radius 2 is 1.14 bits per heavy atom. The average Bonchev–Trinajstić information content (AvgIpc) is 3.49. The number of rotatable bonds is 6. The van der Waals surface area contributed by atoms with Gasteiger partial charge >= 0.3 is 0 Å². The van der Waals surface area contributed by atoms with Crippen molar-refractivity contribution in [3.8, 4) is 0 Å². The first-order chi connectivity index (χ1) is 24.2. The van der Waals surface area contributed by atoms with Crippen molar-refractivity contribution in [2.24, 2.45) is 0 Å². The van der Waals surface area contributed by atoms with Crippen LogP contribution in [0.5, 0.6) is 0 Å². The highest BCUT2D eigenvalue weighted by atomic mass is 35.5. The number of carbonyl (C=O) groups excluding carboxylic acids is 1. The van der Waals surface area contributed by atoms with Crippen molar-refractivity contribution in [1.29, 1.82) is 0 Å². The SMILES string of the molecule is CC1(c2ccccc2)CC(C)(C)N(C(=O)c2sc3ccccc3c2Cl)c2ccc(C(c3ccccc3)(c3ccccc3)c3ccccc3)cc21. The Labute approximate surface area is 303 Å². The van der Waals surface area contributed by atoms with Crippen LogP contribution in [0.25, 0.3) is 10.1 Å². The van der Waals surface area contributed by atoms with Gasteiger partial charge in [0.05, 0.1) is 10.4 Å². The van der Waals surface area contributed by atoms with E-state index in [1.165, 1.54) is 33.6 Å². The van der Waals surface area contributed by atoms with E-state index in [1.807, 2.05) is 29.2 Å². The van der Waals surface area contributed by atoms with Gasteiger partial charge in [-0.05, 0) is 65.8 Å². The Morgan fingerprint density at radius 1 is 0.640 bits per heavy atom. The van der Waals surface area contributed by atoms with Gasteiger partial charge in [0.1, 0.15) is 4.88 Å². The molecular formula is C46H38ClNOS. The summed E-state index contributed by atoms with van der Waals surface area (Å²) in [6.45, 7) is 6.72. The predicted octanol–water partition coefficient (Wildman–Crippen LogP) is 12.1. The monoisotopic (exact) mass is 687 g/mol. The van der Waals surface area contributed by atoms with E-state index in [0.29, 0.717) is 9.90 Å². The highest BCUT2D eigenvalue weighted by Gasteiger charge is 2.50. The second-order valence-corrected chi connectivity index (χ2v) is 15.6. The van der Waals surface area contributed by atoms with Crippen molar-refractivity contribution in [1.82, 2.24) is 0 Å². The Hall–Kier alpha value is -4.96. The number of amides is 1. The molecule has 4 heteroatoms. The fourth-order valence-electron chi connectivity index (χ4n) is 8.54. The first kappa shape index (κ1) is 32.3. The molecule has 8 rings (SSSR count). The second-order valence-electron chi connectivity index (χ2n) is 14.1. The maximum absolute atomic E-state index is 14.9. The Morgan fingerprint density at radius 3 is 1.68 bits per heavy atom. The van der Waals surface area contributed by atoms with Crippen molar-refractivity contribution in [2.75, 3.05) is 4.90 Å². The smallest absolute Gasteiger partial charge is 0.270 e. The third-order valence-corrected chi connectivity index (χ3v) is 12.3. The summed E-state index contributed by atoms with van der Waals surface area (Å²) in [5, 5.41) is 1.44. The van der Waals surface area contributed by atoms with Crippen molar-refractivity contribution in [3.63, 3.8) is 0 Å². The molecule has 6 aromatic carbocycles. The number of halogens is 1. The third kappa shape index (κ3) is 5.02. The molecule has 1 amide bonds. The Balaban J connectivity index is 1.43. The summed E-state index contributed by atoms with van der Waals surface area (Å²) in [6, 6.07) is 58.0. The minimum atomic E-state index is -0.618. The zero-order valence-electron chi connectivity index (χ0n) is 28.4. The molecule has 246 valence electrons. The van der Waals surface area contributed by atoms with Crippen molar-refractivity contribution >= 4 is 44.6 Å². The highest BCUT2D eigenvalue weighted by Crippen LogP contribution is 2.54. The minimum absolute atomic E-state index is 0.0641. The van der Waals surface area contributed by atoms with Gasteiger partial charge in [0, 0.05) is 26.7 Å². The van der Waals surface area contributed by atoms with Gasteiger partial charge in [-0.2, -0.15) is 0 Å². The molecule has 2 nitrogen and oxygen atoms in total. The van der Waals surface area contributed by atoms with Crippen LogP contribution in [0.1, 0.15) is 70.2 Å². The van der Waals surface area contributed by atoms with E-state index in [4.69, 9.17) is 11.6 Å². The maximum Gasteiger partial charge on any atom is 0.270 e. The van der Waals surface area contributed by atoms with Gasteiger partial charge in [0.2, 0.25) is 0 Å². The number of carbonyl (C=O) groups is 1. The molecule has 0 saturated carbocycles. The number of thiophene rings is 1. The Bertz CT molecular complexity index is 2220. The van der Waals surface area contributed by atoms with Crippen LogP contribution in [-0.4, -0.2) is 11.4 Å². The van der Waals surface area contributed by atoms with Crippen molar-refractivity contribution in [2.45, 2.75) is 43.6 Å². The number of benzene rings is 6. The van der Waals surface area contributed by atoms with E-state index in [1.54, 1.807) is 0 Å². The van der Waals surface area contributed by atoms with Crippen LogP contribution >= 0.6 is 22.9 Å². The Kier molecular flexibility index (Phi) is 8.01. The van der Waals surface area contributed by atoms with E-state index in [2.05, 4.69) is 160 Å². The molecule has 1 aromatic heterocycles. The van der Waals surface area contributed by atoms with Gasteiger partial charge in [-0.15, -0.1) is 11.3 Å². The fraction of sp³-hybridized carbons (Fsp3) is 0.152. The van der Waals surface area contributed by atoms with Crippen LogP contribution in [0, 0.1) is 0 Å². The molecule has 50 heavy (non-hydrogen) atoms. The van der Waals surface area contributed by atoms with Crippen LogP contribution in [0.15, 0.2) is 164 Å². The lowest BCUT2D eigenvalue weighted by molar-refractivity contribution is 0.0953. The van der Waals surface area contributed by atoms with Gasteiger partial charge in [0.25, 0.3) is 5.91 Å². The summed E-state index contributed by atoms with van der Waals surface area (Å²) < 4.78 is 1.01. The molecule has 0 spiro atoms. The van der Waals surface area contributed by atoms with Crippen molar-refractivity contribution in [3.05, 3.63) is 207 Å². The summed E-state index contributed by atoms with van der Waals surface area (Å²) in [5.74, 6) is -0.0641. The molecule has 1 unspecified atom stereocenters. The summed E-state index contributed by atoms with van der Waals surface area (Å²) in [6.07, 6.45) is 0.726. The van der Waals surface area contributed by atoms with E-state index >= 15 is 0 Å². The van der Waals surface area contributed by atoms with Gasteiger partial charge in [-0.25, -0.2) is 0 Å².